The van der Waals surface area contributed by atoms with E-state index in [1.165, 1.54) is 0 Å². The highest BCUT2D eigenvalue weighted by Gasteiger charge is 2.15. The standard InChI is InChI=1S/C20H18ClN5O/c1-13-16(12-23-26(13)15-6-4-5-14(21)11-15)20(27)22-10-9-19-24-17-7-2-3-8-18(17)25-19/h2-8,11-12H,9-10H2,1H3,(H,22,27)(H,24,25). The molecule has 2 heterocycles. The minimum absolute atomic E-state index is 0.156. The van der Waals surface area contributed by atoms with Crippen molar-refractivity contribution in [1.29, 1.82) is 0 Å². The number of amides is 1. The summed E-state index contributed by atoms with van der Waals surface area (Å²) in [5, 5.41) is 7.88. The molecule has 6 nitrogen and oxygen atoms in total. The molecular weight excluding hydrogens is 362 g/mol. The molecular formula is C20H18ClN5O. The normalized spacial score (nSPS) is 11.0. The molecule has 0 atom stereocenters. The van der Waals surface area contributed by atoms with Crippen molar-refractivity contribution in [1.82, 2.24) is 25.1 Å². The molecule has 4 rings (SSSR count). The van der Waals surface area contributed by atoms with Crippen molar-refractivity contribution >= 4 is 28.5 Å². The third-order valence-electron chi connectivity index (χ3n) is 4.39. The zero-order valence-corrected chi connectivity index (χ0v) is 15.5. The number of para-hydroxylation sites is 2. The van der Waals surface area contributed by atoms with E-state index in [-0.39, 0.29) is 5.91 Å². The van der Waals surface area contributed by atoms with Crippen LogP contribution in [0.2, 0.25) is 5.02 Å². The summed E-state index contributed by atoms with van der Waals surface area (Å²) in [4.78, 5) is 20.3. The highest BCUT2D eigenvalue weighted by atomic mass is 35.5. The Hall–Kier alpha value is -3.12. The van der Waals surface area contributed by atoms with Gasteiger partial charge in [0.25, 0.3) is 5.91 Å². The van der Waals surface area contributed by atoms with Crippen LogP contribution in [0.1, 0.15) is 21.9 Å². The lowest BCUT2D eigenvalue weighted by Crippen LogP contribution is -2.26. The zero-order chi connectivity index (χ0) is 18.8. The van der Waals surface area contributed by atoms with Crippen LogP contribution in [0.5, 0.6) is 0 Å². The minimum Gasteiger partial charge on any atom is -0.351 e. The lowest BCUT2D eigenvalue weighted by Gasteiger charge is -2.06. The maximum absolute atomic E-state index is 12.5. The average molecular weight is 380 g/mol. The molecule has 0 unspecified atom stereocenters. The van der Waals surface area contributed by atoms with Gasteiger partial charge in [0.1, 0.15) is 5.82 Å². The predicted molar refractivity (Wildman–Crippen MR) is 105 cm³/mol. The zero-order valence-electron chi connectivity index (χ0n) is 14.7. The Labute approximate surface area is 161 Å². The second kappa shape index (κ2) is 7.25. The summed E-state index contributed by atoms with van der Waals surface area (Å²) in [6, 6.07) is 15.2. The number of fused-ring (bicyclic) bond motifs is 1. The van der Waals surface area contributed by atoms with Gasteiger partial charge < -0.3 is 10.3 Å². The van der Waals surface area contributed by atoms with Crippen LogP contribution in [-0.4, -0.2) is 32.2 Å². The van der Waals surface area contributed by atoms with Crippen LogP contribution in [0, 0.1) is 6.92 Å². The molecule has 2 aromatic heterocycles. The van der Waals surface area contributed by atoms with Gasteiger partial charge in [0.05, 0.1) is 34.2 Å². The fourth-order valence-corrected chi connectivity index (χ4v) is 3.20. The van der Waals surface area contributed by atoms with Crippen molar-refractivity contribution in [3.8, 4) is 5.69 Å². The first kappa shape index (κ1) is 17.3. The van der Waals surface area contributed by atoms with E-state index in [1.54, 1.807) is 16.9 Å². The second-order valence-electron chi connectivity index (χ2n) is 6.24. The number of nitrogens with one attached hydrogen (secondary N) is 2. The molecule has 0 aliphatic rings. The second-order valence-corrected chi connectivity index (χ2v) is 6.68. The van der Waals surface area contributed by atoms with Crippen LogP contribution in [0.25, 0.3) is 16.7 Å². The molecule has 136 valence electrons. The number of benzene rings is 2. The molecule has 0 radical (unpaired) electrons. The van der Waals surface area contributed by atoms with Crippen LogP contribution in [-0.2, 0) is 6.42 Å². The molecule has 0 fully saturated rings. The number of aromatic nitrogens is 4. The number of rotatable bonds is 5. The molecule has 0 aliphatic carbocycles. The van der Waals surface area contributed by atoms with Gasteiger partial charge in [0.2, 0.25) is 0 Å². The van der Waals surface area contributed by atoms with Crippen LogP contribution in [0.15, 0.2) is 54.7 Å². The van der Waals surface area contributed by atoms with Crippen molar-refractivity contribution in [2.45, 2.75) is 13.3 Å². The summed E-state index contributed by atoms with van der Waals surface area (Å²) in [7, 11) is 0. The summed E-state index contributed by atoms with van der Waals surface area (Å²) >= 11 is 6.04. The summed E-state index contributed by atoms with van der Waals surface area (Å²) in [5.41, 5.74) is 4.05. The van der Waals surface area contributed by atoms with Crippen LogP contribution < -0.4 is 5.32 Å². The number of carbonyl (C=O) groups excluding carboxylic acids is 1. The first-order chi connectivity index (χ1) is 13.1. The molecule has 2 aromatic carbocycles. The van der Waals surface area contributed by atoms with E-state index in [9.17, 15) is 4.79 Å². The fraction of sp³-hybridized carbons (Fsp3) is 0.150. The molecule has 0 saturated heterocycles. The minimum atomic E-state index is -0.156. The third-order valence-corrected chi connectivity index (χ3v) is 4.63. The number of nitrogens with zero attached hydrogens (tertiary/aromatic N) is 3. The van der Waals surface area contributed by atoms with Gasteiger partial charge in [-0.1, -0.05) is 29.8 Å². The van der Waals surface area contributed by atoms with Crippen LogP contribution in [0.3, 0.4) is 0 Å². The Morgan fingerprint density at radius 2 is 2.07 bits per heavy atom. The number of imidazole rings is 1. The summed E-state index contributed by atoms with van der Waals surface area (Å²) in [6.45, 7) is 2.35. The maximum Gasteiger partial charge on any atom is 0.254 e. The Balaban J connectivity index is 1.42. The van der Waals surface area contributed by atoms with E-state index >= 15 is 0 Å². The van der Waals surface area contributed by atoms with E-state index in [2.05, 4.69) is 20.4 Å². The lowest BCUT2D eigenvalue weighted by molar-refractivity contribution is 0.0953. The van der Waals surface area contributed by atoms with Crippen LogP contribution in [0.4, 0.5) is 0 Å². The highest BCUT2D eigenvalue weighted by molar-refractivity contribution is 6.30. The number of H-pyrrole nitrogens is 1. The van der Waals surface area contributed by atoms with Crippen molar-refractivity contribution in [2.75, 3.05) is 6.54 Å². The van der Waals surface area contributed by atoms with Gasteiger partial charge in [-0.3, -0.25) is 4.79 Å². The lowest BCUT2D eigenvalue weighted by atomic mass is 10.2. The first-order valence-electron chi connectivity index (χ1n) is 8.64. The van der Waals surface area contributed by atoms with Gasteiger partial charge in [-0.05, 0) is 37.3 Å². The first-order valence-corrected chi connectivity index (χ1v) is 9.02. The Bertz CT molecular complexity index is 1080. The van der Waals surface area contributed by atoms with E-state index < -0.39 is 0 Å². The number of hydrogen-bond acceptors (Lipinski definition) is 3. The van der Waals surface area contributed by atoms with E-state index in [1.807, 2.05) is 49.4 Å². The molecule has 4 aromatic rings. The highest BCUT2D eigenvalue weighted by Crippen LogP contribution is 2.18. The molecule has 2 N–H and O–H groups in total. The topological polar surface area (TPSA) is 75.6 Å². The molecule has 7 heteroatoms. The van der Waals surface area contributed by atoms with Crippen molar-refractivity contribution < 1.29 is 4.79 Å². The van der Waals surface area contributed by atoms with Gasteiger partial charge in [-0.2, -0.15) is 5.10 Å². The van der Waals surface area contributed by atoms with Crippen LogP contribution >= 0.6 is 11.6 Å². The largest absolute Gasteiger partial charge is 0.351 e. The summed E-state index contributed by atoms with van der Waals surface area (Å²) in [6.07, 6.45) is 2.20. The smallest absolute Gasteiger partial charge is 0.254 e. The summed E-state index contributed by atoms with van der Waals surface area (Å²) in [5.74, 6) is 0.694. The van der Waals surface area contributed by atoms with Crippen molar-refractivity contribution in [2.24, 2.45) is 0 Å². The number of carbonyl (C=O) groups is 1. The Kier molecular flexibility index (Phi) is 4.64. The molecule has 0 bridgehead atoms. The van der Waals surface area contributed by atoms with Gasteiger partial charge in [-0.15, -0.1) is 0 Å². The van der Waals surface area contributed by atoms with Crippen molar-refractivity contribution in [3.63, 3.8) is 0 Å². The van der Waals surface area contributed by atoms with E-state index in [0.717, 1.165) is 28.2 Å². The van der Waals surface area contributed by atoms with Crippen molar-refractivity contribution in [3.05, 3.63) is 76.8 Å². The third kappa shape index (κ3) is 3.57. The quantitative estimate of drug-likeness (QED) is 0.555. The molecule has 0 aliphatic heterocycles. The number of hydrogen-bond donors (Lipinski definition) is 2. The average Bonchev–Trinajstić information content (AvgIpc) is 3.24. The monoisotopic (exact) mass is 379 g/mol. The number of aromatic amines is 1. The Morgan fingerprint density at radius 3 is 2.89 bits per heavy atom. The van der Waals surface area contributed by atoms with E-state index in [4.69, 9.17) is 11.6 Å². The summed E-state index contributed by atoms with van der Waals surface area (Å²) < 4.78 is 1.71. The molecule has 1 amide bonds. The SMILES string of the molecule is Cc1c(C(=O)NCCc2nc3ccccc3[nH]2)cnn1-c1cccc(Cl)c1. The Morgan fingerprint density at radius 1 is 1.22 bits per heavy atom. The molecule has 27 heavy (non-hydrogen) atoms. The molecule has 0 spiro atoms. The fourth-order valence-electron chi connectivity index (χ4n) is 3.01. The maximum atomic E-state index is 12.5. The van der Waals surface area contributed by atoms with Gasteiger partial charge in [0, 0.05) is 18.0 Å². The molecule has 0 saturated carbocycles. The number of halogens is 1. The van der Waals surface area contributed by atoms with E-state index in [0.29, 0.717) is 23.6 Å². The van der Waals surface area contributed by atoms with Gasteiger partial charge in [0.15, 0.2) is 0 Å². The predicted octanol–water partition coefficient (Wildman–Crippen LogP) is 3.68. The van der Waals surface area contributed by atoms with Gasteiger partial charge in [-0.25, -0.2) is 9.67 Å². The van der Waals surface area contributed by atoms with Gasteiger partial charge >= 0.3 is 0 Å².